The summed E-state index contributed by atoms with van der Waals surface area (Å²) in [5.41, 5.74) is 3.00. The molecule has 1 aliphatic heterocycles. The summed E-state index contributed by atoms with van der Waals surface area (Å²) in [4.78, 5) is 2.65. The van der Waals surface area contributed by atoms with Crippen LogP contribution in [0, 0.1) is 12.8 Å². The van der Waals surface area contributed by atoms with Gasteiger partial charge in [0.05, 0.1) is 0 Å². The zero-order valence-electron chi connectivity index (χ0n) is 10.6. The topological polar surface area (TPSA) is 15.3 Å². The van der Waals surface area contributed by atoms with Crippen LogP contribution in [0.25, 0.3) is 0 Å². The molecule has 3 heteroatoms. The number of hydrogen-bond donors (Lipinski definition) is 1. The van der Waals surface area contributed by atoms with Crippen LogP contribution in [0.1, 0.15) is 30.4 Å². The van der Waals surface area contributed by atoms with Crippen molar-refractivity contribution in [2.45, 2.75) is 38.8 Å². The maximum atomic E-state index is 3.73. The summed E-state index contributed by atoms with van der Waals surface area (Å²) in [6.07, 6.45) is 4.19. The second-order valence-corrected chi connectivity index (χ2v) is 6.31. The van der Waals surface area contributed by atoms with E-state index in [0.29, 0.717) is 0 Å². The molecule has 2 heterocycles. The summed E-state index contributed by atoms with van der Waals surface area (Å²) in [6, 6.07) is 0.761. The predicted octanol–water partition coefficient (Wildman–Crippen LogP) is 2.63. The lowest BCUT2D eigenvalue weighted by Gasteiger charge is -2.24. The van der Waals surface area contributed by atoms with Gasteiger partial charge in [0.1, 0.15) is 0 Å². The Labute approximate surface area is 108 Å². The number of aryl methyl sites for hydroxylation is 1. The van der Waals surface area contributed by atoms with Gasteiger partial charge in [-0.1, -0.05) is 0 Å². The van der Waals surface area contributed by atoms with Crippen LogP contribution in [0.3, 0.4) is 0 Å². The number of nitrogens with one attached hydrogen (secondary N) is 1. The van der Waals surface area contributed by atoms with Gasteiger partial charge in [-0.3, -0.25) is 4.90 Å². The molecule has 1 unspecified atom stereocenters. The lowest BCUT2D eigenvalue weighted by Crippen LogP contribution is -2.38. The molecule has 2 fully saturated rings. The monoisotopic (exact) mass is 250 g/mol. The molecule has 1 atom stereocenters. The van der Waals surface area contributed by atoms with E-state index in [1.165, 1.54) is 50.0 Å². The summed E-state index contributed by atoms with van der Waals surface area (Å²) < 4.78 is 0. The third-order valence-electron chi connectivity index (χ3n) is 4.06. The zero-order chi connectivity index (χ0) is 11.7. The van der Waals surface area contributed by atoms with Crippen molar-refractivity contribution in [2.24, 2.45) is 5.92 Å². The third-order valence-corrected chi connectivity index (χ3v) is 4.97. The first-order chi connectivity index (χ1) is 8.33. The molecule has 0 radical (unpaired) electrons. The Bertz CT molecular complexity index is 370. The van der Waals surface area contributed by atoms with Crippen LogP contribution in [0.5, 0.6) is 0 Å². The maximum absolute atomic E-state index is 3.73. The summed E-state index contributed by atoms with van der Waals surface area (Å²) in [5, 5.41) is 8.32. The first kappa shape index (κ1) is 11.7. The van der Waals surface area contributed by atoms with E-state index >= 15 is 0 Å². The van der Waals surface area contributed by atoms with Gasteiger partial charge in [0.15, 0.2) is 0 Å². The van der Waals surface area contributed by atoms with Gasteiger partial charge < -0.3 is 5.32 Å². The second-order valence-electron chi connectivity index (χ2n) is 5.57. The molecule has 1 N–H and O–H groups in total. The molecule has 0 bridgehead atoms. The van der Waals surface area contributed by atoms with Crippen molar-refractivity contribution >= 4 is 11.3 Å². The molecular formula is C14H22N2S. The summed E-state index contributed by atoms with van der Waals surface area (Å²) in [6.45, 7) is 7.10. The molecular weight excluding hydrogens is 228 g/mol. The molecule has 2 aliphatic rings. The van der Waals surface area contributed by atoms with E-state index in [1.54, 1.807) is 0 Å². The highest BCUT2D eigenvalue weighted by molar-refractivity contribution is 7.08. The highest BCUT2D eigenvalue weighted by Crippen LogP contribution is 2.33. The van der Waals surface area contributed by atoms with Crippen molar-refractivity contribution in [3.63, 3.8) is 0 Å². The van der Waals surface area contributed by atoms with E-state index in [-0.39, 0.29) is 0 Å². The predicted molar refractivity (Wildman–Crippen MR) is 73.5 cm³/mol. The smallest absolute Gasteiger partial charge is 0.0245 e. The Hall–Kier alpha value is -0.380. The standard InChI is InChI=1S/C14H22N2S/c1-11-9-17-10-13(11)7-16-6-2-5-15-14(8-16)12-3-4-12/h9-10,12,14-15H,2-8H2,1H3. The Morgan fingerprint density at radius 3 is 3.00 bits per heavy atom. The lowest BCUT2D eigenvalue weighted by molar-refractivity contribution is 0.250. The summed E-state index contributed by atoms with van der Waals surface area (Å²) in [7, 11) is 0. The van der Waals surface area contributed by atoms with Crippen molar-refractivity contribution in [3.05, 3.63) is 21.9 Å². The maximum Gasteiger partial charge on any atom is 0.0245 e. The first-order valence-corrected chi connectivity index (χ1v) is 7.74. The van der Waals surface area contributed by atoms with E-state index in [1.807, 2.05) is 11.3 Å². The van der Waals surface area contributed by atoms with Gasteiger partial charge in [0.25, 0.3) is 0 Å². The van der Waals surface area contributed by atoms with Crippen LogP contribution in [-0.2, 0) is 6.54 Å². The van der Waals surface area contributed by atoms with Crippen LogP contribution in [0.2, 0.25) is 0 Å². The highest BCUT2D eigenvalue weighted by Gasteiger charge is 2.33. The van der Waals surface area contributed by atoms with Crippen molar-refractivity contribution in [1.29, 1.82) is 0 Å². The van der Waals surface area contributed by atoms with Gasteiger partial charge >= 0.3 is 0 Å². The quantitative estimate of drug-likeness (QED) is 0.887. The Morgan fingerprint density at radius 2 is 2.29 bits per heavy atom. The minimum atomic E-state index is 0.761. The van der Waals surface area contributed by atoms with Crippen molar-refractivity contribution < 1.29 is 0 Å². The fourth-order valence-electron chi connectivity index (χ4n) is 2.77. The van der Waals surface area contributed by atoms with Gasteiger partial charge in [-0.25, -0.2) is 0 Å². The molecule has 94 valence electrons. The van der Waals surface area contributed by atoms with E-state index in [9.17, 15) is 0 Å². The Kier molecular flexibility index (Phi) is 3.50. The average molecular weight is 250 g/mol. The van der Waals surface area contributed by atoms with Crippen molar-refractivity contribution in [1.82, 2.24) is 10.2 Å². The molecule has 0 spiro atoms. The summed E-state index contributed by atoms with van der Waals surface area (Å²) in [5.74, 6) is 0.971. The second kappa shape index (κ2) is 5.09. The molecule has 1 aliphatic carbocycles. The minimum Gasteiger partial charge on any atom is -0.312 e. The zero-order valence-corrected chi connectivity index (χ0v) is 11.4. The van der Waals surface area contributed by atoms with Crippen LogP contribution >= 0.6 is 11.3 Å². The number of hydrogen-bond acceptors (Lipinski definition) is 3. The van der Waals surface area contributed by atoms with Gasteiger partial charge in [-0.05, 0) is 67.1 Å². The SMILES string of the molecule is Cc1cscc1CN1CCCNC(C2CC2)C1. The lowest BCUT2D eigenvalue weighted by atomic mass is 10.1. The van der Waals surface area contributed by atoms with Crippen LogP contribution in [-0.4, -0.2) is 30.6 Å². The highest BCUT2D eigenvalue weighted by atomic mass is 32.1. The molecule has 0 amide bonds. The largest absolute Gasteiger partial charge is 0.312 e. The Morgan fingerprint density at radius 1 is 1.41 bits per heavy atom. The van der Waals surface area contributed by atoms with Crippen LogP contribution < -0.4 is 5.32 Å². The molecule has 17 heavy (non-hydrogen) atoms. The van der Waals surface area contributed by atoms with Gasteiger partial charge in [0, 0.05) is 19.1 Å². The van der Waals surface area contributed by atoms with Crippen molar-refractivity contribution in [2.75, 3.05) is 19.6 Å². The van der Waals surface area contributed by atoms with Gasteiger partial charge in [-0.2, -0.15) is 11.3 Å². The molecule has 3 rings (SSSR count). The molecule has 1 saturated carbocycles. The fraction of sp³-hybridized carbons (Fsp3) is 0.714. The number of thiophene rings is 1. The molecule has 0 aromatic carbocycles. The van der Waals surface area contributed by atoms with Gasteiger partial charge in [0.2, 0.25) is 0 Å². The van der Waals surface area contributed by atoms with E-state index < -0.39 is 0 Å². The normalized spacial score (nSPS) is 27.0. The van der Waals surface area contributed by atoms with Gasteiger partial charge in [-0.15, -0.1) is 0 Å². The average Bonchev–Trinajstić information content (AvgIpc) is 3.09. The van der Waals surface area contributed by atoms with E-state index in [0.717, 1.165) is 18.5 Å². The van der Waals surface area contributed by atoms with Crippen LogP contribution in [0.4, 0.5) is 0 Å². The molecule has 1 aromatic rings. The fourth-order valence-corrected chi connectivity index (χ4v) is 3.62. The van der Waals surface area contributed by atoms with E-state index in [2.05, 4.69) is 27.9 Å². The molecule has 1 saturated heterocycles. The number of nitrogens with zero attached hydrogens (tertiary/aromatic N) is 1. The van der Waals surface area contributed by atoms with Crippen LogP contribution in [0.15, 0.2) is 10.8 Å². The van der Waals surface area contributed by atoms with E-state index in [4.69, 9.17) is 0 Å². The molecule has 2 nitrogen and oxygen atoms in total. The first-order valence-electron chi connectivity index (χ1n) is 6.80. The molecule has 1 aromatic heterocycles. The third kappa shape index (κ3) is 2.90. The Balaban J connectivity index is 1.63. The van der Waals surface area contributed by atoms with Crippen molar-refractivity contribution in [3.8, 4) is 0 Å². The number of rotatable bonds is 3. The summed E-state index contributed by atoms with van der Waals surface area (Å²) >= 11 is 1.84. The minimum absolute atomic E-state index is 0.761.